The average molecular weight is 364 g/mol. The average Bonchev–Trinajstić information content (AvgIpc) is 2.70. The first kappa shape index (κ1) is 18.2. The van der Waals surface area contributed by atoms with Crippen LogP contribution in [0.1, 0.15) is 11.5 Å². The third kappa shape index (κ3) is 4.15. The van der Waals surface area contributed by atoms with E-state index in [4.69, 9.17) is 4.74 Å². The van der Waals surface area contributed by atoms with Crippen molar-refractivity contribution in [2.75, 3.05) is 12.9 Å². The lowest BCUT2D eigenvalue weighted by atomic mass is 9.91. The highest BCUT2D eigenvalue weighted by Crippen LogP contribution is 2.30. The quantitative estimate of drug-likeness (QED) is 0.389. The fourth-order valence-corrected chi connectivity index (χ4v) is 3.22. The molecule has 0 aliphatic heterocycles. The molecule has 0 fully saturated rings. The highest BCUT2D eigenvalue weighted by atomic mass is 32.2. The van der Waals surface area contributed by atoms with E-state index in [0.29, 0.717) is 5.75 Å². The molecule has 1 N–H and O–H groups in total. The van der Waals surface area contributed by atoms with Gasteiger partial charge in [0.15, 0.2) is 0 Å². The van der Waals surface area contributed by atoms with Crippen molar-refractivity contribution in [3.63, 3.8) is 0 Å². The van der Waals surface area contributed by atoms with Crippen LogP contribution in [-0.2, 0) is 4.79 Å². The molecule has 0 bridgehead atoms. The Labute approximate surface area is 157 Å². The van der Waals surface area contributed by atoms with E-state index in [9.17, 15) is 9.90 Å². The highest BCUT2D eigenvalue weighted by Gasteiger charge is 2.25. The number of aliphatic hydroxyl groups excluding tert-OH is 1. The molecule has 0 aliphatic carbocycles. The Morgan fingerprint density at radius 1 is 0.962 bits per heavy atom. The molecule has 0 spiro atoms. The molecule has 4 heteroatoms. The number of carbonyl (C=O) groups excluding carboxylic acids is 1. The molecule has 26 heavy (non-hydrogen) atoms. The van der Waals surface area contributed by atoms with E-state index < -0.39 is 11.9 Å². The molecule has 0 aliphatic rings. The van der Waals surface area contributed by atoms with Gasteiger partial charge < -0.3 is 9.84 Å². The topological polar surface area (TPSA) is 46.5 Å². The smallest absolute Gasteiger partial charge is 0.321 e. The summed E-state index contributed by atoms with van der Waals surface area (Å²) in [5.41, 5.74) is 2.67. The fourth-order valence-electron chi connectivity index (χ4n) is 2.81. The summed E-state index contributed by atoms with van der Waals surface area (Å²) >= 11 is 1.62. The number of rotatable bonds is 6. The van der Waals surface area contributed by atoms with Crippen molar-refractivity contribution < 1.29 is 14.6 Å². The van der Waals surface area contributed by atoms with Crippen molar-refractivity contribution in [1.29, 1.82) is 0 Å². The predicted molar refractivity (Wildman–Crippen MR) is 106 cm³/mol. The summed E-state index contributed by atoms with van der Waals surface area (Å²) in [5, 5.41) is 9.88. The molecule has 0 saturated carbocycles. The number of esters is 1. The molecule has 3 aromatic carbocycles. The summed E-state index contributed by atoms with van der Waals surface area (Å²) in [6.45, 7) is -0.314. The number of hydrogen-bond donors (Lipinski definition) is 1. The minimum Gasteiger partial charge on any atom is -0.426 e. The van der Waals surface area contributed by atoms with Gasteiger partial charge in [0.05, 0.1) is 6.61 Å². The number of hydrogen-bond acceptors (Lipinski definition) is 4. The third-order valence-electron chi connectivity index (χ3n) is 4.17. The summed E-state index contributed by atoms with van der Waals surface area (Å²) < 4.78 is 5.50. The summed E-state index contributed by atoms with van der Waals surface area (Å²) in [6, 6.07) is 24.8. The molecule has 3 nitrogen and oxygen atoms in total. The first-order valence-corrected chi connectivity index (χ1v) is 9.56. The monoisotopic (exact) mass is 364 g/mol. The Bertz CT molecular complexity index is 860. The molecule has 3 aromatic rings. The van der Waals surface area contributed by atoms with Crippen LogP contribution in [0.4, 0.5) is 0 Å². The second-order valence-corrected chi connectivity index (χ2v) is 6.66. The van der Waals surface area contributed by atoms with Gasteiger partial charge in [0.2, 0.25) is 0 Å². The Morgan fingerprint density at radius 2 is 1.62 bits per heavy atom. The lowest BCUT2D eigenvalue weighted by Gasteiger charge is -2.18. The van der Waals surface area contributed by atoms with Crippen LogP contribution in [0.2, 0.25) is 0 Å². The van der Waals surface area contributed by atoms with Crippen LogP contribution in [0.3, 0.4) is 0 Å². The van der Waals surface area contributed by atoms with Gasteiger partial charge in [0.1, 0.15) is 11.7 Å². The summed E-state index contributed by atoms with van der Waals surface area (Å²) in [4.78, 5) is 13.8. The molecule has 0 heterocycles. The lowest BCUT2D eigenvalue weighted by molar-refractivity contribution is -0.137. The largest absolute Gasteiger partial charge is 0.426 e. The zero-order chi connectivity index (χ0) is 18.4. The maximum Gasteiger partial charge on any atom is 0.321 e. The third-order valence-corrected chi connectivity index (χ3v) is 4.91. The Kier molecular flexibility index (Phi) is 6.10. The molecule has 0 aromatic heterocycles. The number of carbonyl (C=O) groups is 1. The van der Waals surface area contributed by atoms with Gasteiger partial charge in [0, 0.05) is 4.90 Å². The maximum absolute atomic E-state index is 12.7. The molecule has 0 saturated heterocycles. The highest BCUT2D eigenvalue weighted by molar-refractivity contribution is 7.98. The first-order valence-electron chi connectivity index (χ1n) is 8.34. The van der Waals surface area contributed by atoms with Crippen LogP contribution in [0.15, 0.2) is 83.8 Å². The van der Waals surface area contributed by atoms with Gasteiger partial charge >= 0.3 is 5.97 Å². The van der Waals surface area contributed by atoms with Gasteiger partial charge in [0.25, 0.3) is 0 Å². The van der Waals surface area contributed by atoms with Gasteiger partial charge in [-0.2, -0.15) is 0 Å². The van der Waals surface area contributed by atoms with E-state index in [0.717, 1.165) is 21.6 Å². The second-order valence-electron chi connectivity index (χ2n) is 5.79. The van der Waals surface area contributed by atoms with Crippen LogP contribution in [0.5, 0.6) is 5.75 Å². The Balaban J connectivity index is 1.87. The molecule has 0 amide bonds. The van der Waals surface area contributed by atoms with Gasteiger partial charge in [-0.3, -0.25) is 4.79 Å². The van der Waals surface area contributed by atoms with Crippen molar-refractivity contribution in [3.05, 3.63) is 84.4 Å². The van der Waals surface area contributed by atoms with Crippen molar-refractivity contribution in [1.82, 2.24) is 0 Å². The molecule has 0 radical (unpaired) electrons. The van der Waals surface area contributed by atoms with Crippen molar-refractivity contribution in [2.45, 2.75) is 10.8 Å². The lowest BCUT2D eigenvalue weighted by Crippen LogP contribution is -2.22. The second kappa shape index (κ2) is 8.70. The van der Waals surface area contributed by atoms with E-state index in [1.165, 1.54) is 0 Å². The van der Waals surface area contributed by atoms with Crippen molar-refractivity contribution in [2.24, 2.45) is 0 Å². The van der Waals surface area contributed by atoms with E-state index in [-0.39, 0.29) is 6.61 Å². The normalized spacial score (nSPS) is 11.8. The molecule has 1 atom stereocenters. The SMILES string of the molecule is CSc1ccc(OC(=O)C(CO)c2ccccc2-c2ccccc2)cc1. The summed E-state index contributed by atoms with van der Waals surface area (Å²) in [7, 11) is 0. The predicted octanol–water partition coefficient (Wildman–Crippen LogP) is 4.76. The number of benzene rings is 3. The van der Waals surface area contributed by atoms with E-state index in [1.54, 1.807) is 23.9 Å². The minimum atomic E-state index is -0.744. The van der Waals surface area contributed by atoms with E-state index >= 15 is 0 Å². The van der Waals surface area contributed by atoms with Crippen LogP contribution < -0.4 is 4.74 Å². The number of thioether (sulfide) groups is 1. The zero-order valence-corrected chi connectivity index (χ0v) is 15.3. The molecule has 132 valence electrons. The van der Waals surface area contributed by atoms with Crippen LogP contribution >= 0.6 is 11.8 Å². The van der Waals surface area contributed by atoms with Gasteiger partial charge in [-0.15, -0.1) is 11.8 Å². The fraction of sp³-hybridized carbons (Fsp3) is 0.136. The molecule has 3 rings (SSSR count). The van der Waals surface area contributed by atoms with Crippen LogP contribution in [-0.4, -0.2) is 23.9 Å². The van der Waals surface area contributed by atoms with Gasteiger partial charge in [-0.25, -0.2) is 0 Å². The van der Waals surface area contributed by atoms with E-state index in [1.807, 2.05) is 73.0 Å². The van der Waals surface area contributed by atoms with E-state index in [2.05, 4.69) is 0 Å². The number of ether oxygens (including phenoxy) is 1. The number of aliphatic hydroxyl groups is 1. The standard InChI is InChI=1S/C22H20O3S/c1-26-18-13-11-17(12-14-18)25-22(24)21(15-23)20-10-6-5-9-19(20)16-7-3-2-4-8-16/h2-14,21,23H,15H2,1H3. The maximum atomic E-state index is 12.7. The van der Waals surface area contributed by atoms with Crippen LogP contribution in [0.25, 0.3) is 11.1 Å². The van der Waals surface area contributed by atoms with Gasteiger partial charge in [-0.1, -0.05) is 54.6 Å². The molecular formula is C22H20O3S. The van der Waals surface area contributed by atoms with Crippen molar-refractivity contribution in [3.8, 4) is 16.9 Å². The first-order chi connectivity index (χ1) is 12.7. The molecular weight excluding hydrogens is 344 g/mol. The molecule has 1 unspecified atom stereocenters. The van der Waals surface area contributed by atoms with Gasteiger partial charge in [-0.05, 0) is 47.2 Å². The minimum absolute atomic E-state index is 0.314. The Morgan fingerprint density at radius 3 is 2.27 bits per heavy atom. The summed E-state index contributed by atoms with van der Waals surface area (Å²) in [5.74, 6) is -0.733. The Hall–Kier alpha value is -2.56. The van der Waals surface area contributed by atoms with Crippen LogP contribution in [0, 0.1) is 0 Å². The zero-order valence-electron chi connectivity index (χ0n) is 14.5. The van der Waals surface area contributed by atoms with Crippen molar-refractivity contribution >= 4 is 17.7 Å². The summed E-state index contributed by atoms with van der Waals surface area (Å²) in [6.07, 6.45) is 1.99.